The summed E-state index contributed by atoms with van der Waals surface area (Å²) in [6.45, 7) is 0. The van der Waals surface area contributed by atoms with E-state index in [0.29, 0.717) is 5.56 Å². The summed E-state index contributed by atoms with van der Waals surface area (Å²) in [6.07, 6.45) is 1.09. The Hall–Kier alpha value is -3.00. The molecule has 0 bridgehead atoms. The van der Waals surface area contributed by atoms with Crippen LogP contribution in [-0.4, -0.2) is 36.8 Å². The quantitative estimate of drug-likeness (QED) is 0.806. The molecule has 0 saturated heterocycles. The Kier molecular flexibility index (Phi) is 4.56. The largest absolute Gasteiger partial charge is 0.478 e. The molecule has 0 saturated carbocycles. The zero-order valence-corrected chi connectivity index (χ0v) is 12.4. The molecule has 2 aromatic rings. The van der Waals surface area contributed by atoms with Gasteiger partial charge in [0.1, 0.15) is 0 Å². The highest BCUT2D eigenvalue weighted by Gasteiger charge is 2.13. The molecule has 0 unspecified atom stereocenters. The van der Waals surface area contributed by atoms with Gasteiger partial charge in [0.15, 0.2) is 0 Å². The van der Waals surface area contributed by atoms with Crippen LogP contribution in [0.5, 0.6) is 0 Å². The summed E-state index contributed by atoms with van der Waals surface area (Å²) in [4.78, 5) is 21.3. The fourth-order valence-electron chi connectivity index (χ4n) is 1.67. The summed E-state index contributed by atoms with van der Waals surface area (Å²) in [6, 6.07) is 10.2. The molecular formula is C15H11NO6S. The lowest BCUT2D eigenvalue weighted by Crippen LogP contribution is -2.01. The molecule has 0 atom stereocenters. The highest BCUT2D eigenvalue weighted by Crippen LogP contribution is 2.14. The van der Waals surface area contributed by atoms with Crippen LogP contribution in [0.2, 0.25) is 0 Å². The van der Waals surface area contributed by atoms with Crippen LogP contribution >= 0.6 is 0 Å². The Morgan fingerprint density at radius 3 is 1.70 bits per heavy atom. The number of carboxylic acids is 2. The number of sulfonamides is 1. The van der Waals surface area contributed by atoms with E-state index in [9.17, 15) is 18.0 Å². The Bertz CT molecular complexity index is 867. The predicted octanol–water partition coefficient (Wildman–Crippen LogP) is 1.89. The average Bonchev–Trinajstić information content (AvgIpc) is 2.53. The molecule has 118 valence electrons. The molecule has 0 aromatic heterocycles. The Morgan fingerprint density at radius 2 is 1.26 bits per heavy atom. The fourth-order valence-corrected chi connectivity index (χ4v) is 2.53. The molecule has 0 heterocycles. The number of rotatable bonds is 5. The number of carboxylic acid groups (broad SMARTS) is 2. The molecule has 7 nitrogen and oxygen atoms in total. The summed E-state index contributed by atoms with van der Waals surface area (Å²) in [5.41, 5.74) is 0.465. The molecule has 0 spiro atoms. The second-order valence-electron chi connectivity index (χ2n) is 4.47. The zero-order chi connectivity index (χ0) is 17.0. The number of aromatic carboxylic acids is 2. The second kappa shape index (κ2) is 6.41. The Labute approximate surface area is 131 Å². The highest BCUT2D eigenvalue weighted by molar-refractivity contribution is 7.90. The van der Waals surface area contributed by atoms with Crippen molar-refractivity contribution in [3.8, 4) is 0 Å². The van der Waals surface area contributed by atoms with Gasteiger partial charge < -0.3 is 10.2 Å². The summed E-state index contributed by atoms with van der Waals surface area (Å²) in [5, 5.41) is 17.5. The maximum absolute atomic E-state index is 12.0. The molecule has 8 heteroatoms. The molecule has 0 aliphatic carbocycles. The highest BCUT2D eigenvalue weighted by atomic mass is 32.2. The van der Waals surface area contributed by atoms with Crippen molar-refractivity contribution in [1.29, 1.82) is 0 Å². The monoisotopic (exact) mass is 333 g/mol. The van der Waals surface area contributed by atoms with Crippen molar-refractivity contribution in [2.24, 2.45) is 4.40 Å². The molecule has 0 radical (unpaired) electrons. The first-order valence-electron chi connectivity index (χ1n) is 6.27. The minimum atomic E-state index is -3.97. The first-order valence-corrected chi connectivity index (χ1v) is 7.71. The molecule has 0 fully saturated rings. The Balaban J connectivity index is 2.22. The van der Waals surface area contributed by atoms with E-state index < -0.39 is 22.0 Å². The predicted molar refractivity (Wildman–Crippen MR) is 81.6 cm³/mol. The maximum Gasteiger partial charge on any atom is 0.335 e. The first kappa shape index (κ1) is 16.4. The van der Waals surface area contributed by atoms with Gasteiger partial charge in [-0.3, -0.25) is 0 Å². The van der Waals surface area contributed by atoms with Crippen LogP contribution < -0.4 is 0 Å². The lowest BCUT2D eigenvalue weighted by molar-refractivity contribution is 0.0686. The molecule has 0 aliphatic rings. The minimum absolute atomic E-state index is 0.0304. The van der Waals surface area contributed by atoms with Gasteiger partial charge in [-0.2, -0.15) is 12.8 Å². The van der Waals surface area contributed by atoms with E-state index in [-0.39, 0.29) is 16.0 Å². The van der Waals surface area contributed by atoms with E-state index in [1.807, 2.05) is 0 Å². The van der Waals surface area contributed by atoms with Crippen LogP contribution in [0, 0.1) is 0 Å². The van der Waals surface area contributed by atoms with Gasteiger partial charge in [0.25, 0.3) is 10.0 Å². The van der Waals surface area contributed by atoms with E-state index >= 15 is 0 Å². The first-order chi connectivity index (χ1) is 10.8. The van der Waals surface area contributed by atoms with Crippen molar-refractivity contribution in [2.45, 2.75) is 4.90 Å². The molecule has 2 rings (SSSR count). The molecule has 2 N–H and O–H groups in total. The summed E-state index contributed by atoms with van der Waals surface area (Å²) < 4.78 is 27.5. The van der Waals surface area contributed by atoms with Crippen LogP contribution in [0.1, 0.15) is 26.3 Å². The third kappa shape index (κ3) is 4.01. The van der Waals surface area contributed by atoms with Gasteiger partial charge in [0.05, 0.1) is 16.0 Å². The van der Waals surface area contributed by atoms with Crippen LogP contribution in [0.15, 0.2) is 57.8 Å². The van der Waals surface area contributed by atoms with Crippen molar-refractivity contribution < 1.29 is 28.2 Å². The Morgan fingerprint density at radius 1 is 0.826 bits per heavy atom. The van der Waals surface area contributed by atoms with E-state index in [1.54, 1.807) is 0 Å². The number of carbonyl (C=O) groups is 2. The summed E-state index contributed by atoms with van der Waals surface area (Å²) in [5.74, 6) is -2.24. The molecule has 0 aliphatic heterocycles. The number of nitrogens with zero attached hydrogens (tertiary/aromatic N) is 1. The average molecular weight is 333 g/mol. The third-order valence-corrected chi connectivity index (χ3v) is 4.15. The molecule has 23 heavy (non-hydrogen) atoms. The van der Waals surface area contributed by atoms with Crippen molar-refractivity contribution in [1.82, 2.24) is 0 Å². The van der Waals surface area contributed by atoms with Gasteiger partial charge >= 0.3 is 11.9 Å². The van der Waals surface area contributed by atoms with Gasteiger partial charge in [-0.25, -0.2) is 9.59 Å². The molecule has 0 amide bonds. The lowest BCUT2D eigenvalue weighted by Gasteiger charge is -2.00. The summed E-state index contributed by atoms with van der Waals surface area (Å²) >= 11 is 0. The zero-order valence-electron chi connectivity index (χ0n) is 11.6. The van der Waals surface area contributed by atoms with Crippen molar-refractivity contribution in [3.05, 3.63) is 65.2 Å². The van der Waals surface area contributed by atoms with E-state index in [1.165, 1.54) is 36.4 Å². The van der Waals surface area contributed by atoms with E-state index in [2.05, 4.69) is 4.40 Å². The fraction of sp³-hybridized carbons (Fsp3) is 0. The summed E-state index contributed by atoms with van der Waals surface area (Å²) in [7, 11) is -3.97. The van der Waals surface area contributed by atoms with Crippen molar-refractivity contribution >= 4 is 28.2 Å². The lowest BCUT2D eigenvalue weighted by atomic mass is 10.1. The van der Waals surface area contributed by atoms with Crippen LogP contribution in [0.25, 0.3) is 0 Å². The normalized spacial score (nSPS) is 11.5. The maximum atomic E-state index is 12.0. The van der Waals surface area contributed by atoms with Crippen molar-refractivity contribution in [2.75, 3.05) is 0 Å². The second-order valence-corrected chi connectivity index (χ2v) is 6.10. The minimum Gasteiger partial charge on any atom is -0.478 e. The van der Waals surface area contributed by atoms with Crippen LogP contribution in [0.3, 0.4) is 0 Å². The smallest absolute Gasteiger partial charge is 0.335 e. The third-order valence-electron chi connectivity index (χ3n) is 2.90. The van der Waals surface area contributed by atoms with Gasteiger partial charge in [-0.05, 0) is 42.0 Å². The van der Waals surface area contributed by atoms with Crippen LogP contribution in [0.4, 0.5) is 0 Å². The van der Waals surface area contributed by atoms with Gasteiger partial charge in [0, 0.05) is 6.21 Å². The van der Waals surface area contributed by atoms with E-state index in [4.69, 9.17) is 10.2 Å². The molecule has 2 aromatic carbocycles. The number of hydrogen-bond acceptors (Lipinski definition) is 4. The number of hydrogen-bond donors (Lipinski definition) is 2. The standard InChI is InChI=1S/C15H11NO6S/c17-14(18)11-3-1-10(2-4-11)9-16-23(21,22)13-7-5-12(6-8-13)15(19)20/h1-9H,(H,17,18)(H,19,20)/b16-9+. The van der Waals surface area contributed by atoms with Gasteiger partial charge in [-0.15, -0.1) is 0 Å². The number of benzene rings is 2. The van der Waals surface area contributed by atoms with Crippen LogP contribution in [-0.2, 0) is 10.0 Å². The van der Waals surface area contributed by atoms with Gasteiger partial charge in [0.2, 0.25) is 0 Å². The van der Waals surface area contributed by atoms with Gasteiger partial charge in [-0.1, -0.05) is 12.1 Å². The topological polar surface area (TPSA) is 121 Å². The van der Waals surface area contributed by atoms with E-state index in [0.717, 1.165) is 18.3 Å². The molecular weight excluding hydrogens is 322 g/mol. The SMILES string of the molecule is O=C(O)c1ccc(/C=N/S(=O)(=O)c2ccc(C(=O)O)cc2)cc1. The van der Waals surface area contributed by atoms with Crippen molar-refractivity contribution in [3.63, 3.8) is 0 Å².